The van der Waals surface area contributed by atoms with Crippen LogP contribution in [0, 0.1) is 0 Å². The first-order chi connectivity index (χ1) is 13.7. The average Bonchev–Trinajstić information content (AvgIpc) is 3.28. The van der Waals surface area contributed by atoms with Gasteiger partial charge in [0.05, 0.1) is 33.2 Å². The number of rotatable bonds is 7. The topological polar surface area (TPSA) is 63.9 Å². The summed E-state index contributed by atoms with van der Waals surface area (Å²) in [6, 6.07) is 8.89. The summed E-state index contributed by atoms with van der Waals surface area (Å²) in [5, 5.41) is 3.26. The van der Waals surface area contributed by atoms with Gasteiger partial charge in [0.25, 0.3) is 0 Å². The summed E-state index contributed by atoms with van der Waals surface area (Å²) in [6.45, 7) is 0.938. The molecule has 6 heteroatoms. The number of nitrogens with zero attached hydrogens (tertiary/aromatic N) is 1. The van der Waals surface area contributed by atoms with Gasteiger partial charge < -0.3 is 19.2 Å². The summed E-state index contributed by atoms with van der Waals surface area (Å²) >= 11 is 0. The van der Waals surface area contributed by atoms with Crippen molar-refractivity contribution < 1.29 is 18.7 Å². The van der Waals surface area contributed by atoms with Gasteiger partial charge in [-0.3, -0.25) is 9.69 Å². The number of fused-ring (bicyclic) bond motifs is 2. The van der Waals surface area contributed by atoms with E-state index < -0.39 is 0 Å². The third-order valence-corrected chi connectivity index (χ3v) is 6.03. The van der Waals surface area contributed by atoms with Crippen LogP contribution in [-0.4, -0.2) is 43.2 Å². The Morgan fingerprint density at radius 2 is 1.96 bits per heavy atom. The van der Waals surface area contributed by atoms with Gasteiger partial charge in [-0.05, 0) is 49.9 Å². The van der Waals surface area contributed by atoms with Gasteiger partial charge in [-0.15, -0.1) is 0 Å². The molecule has 1 amide bonds. The van der Waals surface area contributed by atoms with Crippen LogP contribution >= 0.6 is 0 Å². The molecule has 2 saturated heterocycles. The van der Waals surface area contributed by atoms with Gasteiger partial charge in [0.15, 0.2) is 0 Å². The number of ether oxygens (including phenoxy) is 2. The van der Waals surface area contributed by atoms with Crippen LogP contribution < -0.4 is 14.8 Å². The summed E-state index contributed by atoms with van der Waals surface area (Å²) < 4.78 is 15.9. The van der Waals surface area contributed by atoms with Crippen molar-refractivity contribution in [3.63, 3.8) is 0 Å². The second-order valence-corrected chi connectivity index (χ2v) is 7.78. The second-order valence-electron chi connectivity index (χ2n) is 7.78. The van der Waals surface area contributed by atoms with E-state index in [4.69, 9.17) is 13.9 Å². The van der Waals surface area contributed by atoms with Crippen LogP contribution in [0.3, 0.4) is 0 Å². The molecule has 0 aliphatic carbocycles. The molecule has 3 heterocycles. The van der Waals surface area contributed by atoms with E-state index in [9.17, 15) is 4.79 Å². The fraction of sp³-hybridized carbons (Fsp3) is 0.500. The van der Waals surface area contributed by atoms with Crippen molar-refractivity contribution in [3.8, 4) is 11.5 Å². The lowest BCUT2D eigenvalue weighted by atomic mass is 9.96. The Labute approximate surface area is 165 Å². The number of piperidine rings is 1. The number of methoxy groups -OCH3 is 2. The van der Waals surface area contributed by atoms with Crippen LogP contribution in [-0.2, 0) is 17.8 Å². The van der Waals surface area contributed by atoms with Crippen molar-refractivity contribution in [3.05, 3.63) is 47.9 Å². The van der Waals surface area contributed by atoms with Crippen molar-refractivity contribution >= 4 is 5.91 Å². The normalized spacial score (nSPS) is 24.1. The van der Waals surface area contributed by atoms with E-state index in [1.54, 1.807) is 20.5 Å². The highest BCUT2D eigenvalue weighted by Gasteiger charge is 2.41. The zero-order chi connectivity index (χ0) is 19.5. The molecule has 0 saturated carbocycles. The highest BCUT2D eigenvalue weighted by atomic mass is 16.5. The Morgan fingerprint density at radius 1 is 1.18 bits per heavy atom. The number of hydrogen-bond donors (Lipinski definition) is 1. The molecule has 2 atom stereocenters. The van der Waals surface area contributed by atoms with E-state index in [0.29, 0.717) is 24.3 Å². The van der Waals surface area contributed by atoms with E-state index >= 15 is 0 Å². The van der Waals surface area contributed by atoms with Gasteiger partial charge in [-0.2, -0.15) is 0 Å². The molecule has 1 aromatic carbocycles. The van der Waals surface area contributed by atoms with Crippen LogP contribution in [0.2, 0.25) is 0 Å². The minimum atomic E-state index is 0.0410. The predicted octanol–water partition coefficient (Wildman–Crippen LogP) is 3.15. The Balaban J connectivity index is 1.35. The van der Waals surface area contributed by atoms with Gasteiger partial charge in [-0.1, -0.05) is 0 Å². The van der Waals surface area contributed by atoms with E-state index in [1.807, 2.05) is 30.5 Å². The molecule has 0 spiro atoms. The lowest BCUT2D eigenvalue weighted by molar-refractivity contribution is -0.121. The Bertz CT molecular complexity index is 791. The Kier molecular flexibility index (Phi) is 5.57. The zero-order valence-electron chi connectivity index (χ0n) is 16.5. The number of carbonyl (C=O) groups excluding carboxylic acids is 1. The molecule has 2 fully saturated rings. The Hall–Kier alpha value is -2.47. The lowest BCUT2D eigenvalue weighted by Crippen LogP contribution is -2.50. The largest absolute Gasteiger partial charge is 0.497 e. The fourth-order valence-electron chi connectivity index (χ4n) is 4.72. The van der Waals surface area contributed by atoms with E-state index in [1.165, 1.54) is 18.4 Å². The number of hydrogen-bond acceptors (Lipinski definition) is 5. The van der Waals surface area contributed by atoms with Gasteiger partial charge in [0, 0.05) is 35.8 Å². The summed E-state index contributed by atoms with van der Waals surface area (Å²) in [6.07, 6.45) is 8.29. The van der Waals surface area contributed by atoms with Crippen LogP contribution in [0.15, 0.2) is 41.2 Å². The summed E-state index contributed by atoms with van der Waals surface area (Å²) in [5.74, 6) is 1.49. The molecule has 28 heavy (non-hydrogen) atoms. The van der Waals surface area contributed by atoms with Gasteiger partial charge >= 0.3 is 0 Å². The maximum Gasteiger partial charge on any atom is 0.224 e. The number of carbonyl (C=O) groups is 1. The summed E-state index contributed by atoms with van der Waals surface area (Å²) in [4.78, 5) is 15.3. The monoisotopic (exact) mass is 384 g/mol. The van der Waals surface area contributed by atoms with Crippen LogP contribution in [0.4, 0.5) is 0 Å². The molecule has 150 valence electrons. The van der Waals surface area contributed by atoms with Gasteiger partial charge in [0.1, 0.15) is 11.5 Å². The first-order valence-corrected chi connectivity index (χ1v) is 9.93. The van der Waals surface area contributed by atoms with Crippen LogP contribution in [0.5, 0.6) is 11.5 Å². The predicted molar refractivity (Wildman–Crippen MR) is 105 cm³/mol. The third-order valence-electron chi connectivity index (χ3n) is 6.03. The van der Waals surface area contributed by atoms with Crippen LogP contribution in [0.25, 0.3) is 0 Å². The molecule has 6 nitrogen and oxygen atoms in total. The van der Waals surface area contributed by atoms with E-state index in [0.717, 1.165) is 30.7 Å². The first-order valence-electron chi connectivity index (χ1n) is 9.93. The molecule has 2 unspecified atom stereocenters. The summed E-state index contributed by atoms with van der Waals surface area (Å²) in [5.41, 5.74) is 2.07. The maximum atomic E-state index is 12.7. The van der Waals surface area contributed by atoms with Crippen molar-refractivity contribution in [1.82, 2.24) is 10.2 Å². The van der Waals surface area contributed by atoms with E-state index in [-0.39, 0.29) is 11.9 Å². The van der Waals surface area contributed by atoms with Gasteiger partial charge in [0.2, 0.25) is 5.91 Å². The Morgan fingerprint density at radius 3 is 2.61 bits per heavy atom. The van der Waals surface area contributed by atoms with Crippen molar-refractivity contribution in [2.75, 3.05) is 14.2 Å². The van der Waals surface area contributed by atoms with Crippen molar-refractivity contribution in [2.45, 2.75) is 56.8 Å². The average molecular weight is 384 g/mol. The molecule has 0 radical (unpaired) electrons. The van der Waals surface area contributed by atoms with E-state index in [2.05, 4.69) is 10.2 Å². The minimum Gasteiger partial charge on any atom is -0.497 e. The lowest BCUT2D eigenvalue weighted by Gasteiger charge is -2.39. The second kappa shape index (κ2) is 8.27. The molecular formula is C22H28N2O4. The molecule has 2 bridgehead atoms. The molecule has 4 rings (SSSR count). The van der Waals surface area contributed by atoms with Crippen LogP contribution in [0.1, 0.15) is 36.8 Å². The number of amides is 1. The highest BCUT2D eigenvalue weighted by Crippen LogP contribution is 2.37. The highest BCUT2D eigenvalue weighted by molar-refractivity contribution is 5.79. The molecule has 2 aliphatic rings. The van der Waals surface area contributed by atoms with Crippen molar-refractivity contribution in [2.24, 2.45) is 0 Å². The SMILES string of the molecule is COc1ccc(OC)c(CC(=O)NC2CC3CCC(C2)N3Cc2ccoc2)c1. The fourth-order valence-corrected chi connectivity index (χ4v) is 4.72. The number of nitrogens with one attached hydrogen (secondary N) is 1. The molecule has 1 N–H and O–H groups in total. The molecule has 2 aromatic rings. The van der Waals surface area contributed by atoms with Gasteiger partial charge in [-0.25, -0.2) is 0 Å². The number of benzene rings is 1. The van der Waals surface area contributed by atoms with Crippen molar-refractivity contribution in [1.29, 1.82) is 0 Å². The molecule has 1 aromatic heterocycles. The number of furan rings is 1. The molecule has 2 aliphatic heterocycles. The maximum absolute atomic E-state index is 12.7. The molecular weight excluding hydrogens is 356 g/mol. The smallest absolute Gasteiger partial charge is 0.224 e. The third kappa shape index (κ3) is 4.02. The quantitative estimate of drug-likeness (QED) is 0.795. The zero-order valence-corrected chi connectivity index (χ0v) is 16.5. The summed E-state index contributed by atoms with van der Waals surface area (Å²) in [7, 11) is 3.25. The minimum absolute atomic E-state index is 0.0410. The first kappa shape index (κ1) is 18.9. The standard InChI is InChI=1S/C22H28N2O4/c1-26-20-5-6-21(27-2)16(9-20)10-22(25)23-17-11-18-3-4-19(12-17)24(18)13-15-7-8-28-14-15/h5-9,14,17-19H,3-4,10-13H2,1-2H3,(H,23,25).